The van der Waals surface area contributed by atoms with Crippen LogP contribution in [0.4, 0.5) is 0 Å². The first-order valence-corrected chi connectivity index (χ1v) is 6.14. The number of hydrogen-bond acceptors (Lipinski definition) is 3. The van der Waals surface area contributed by atoms with E-state index in [-0.39, 0.29) is 11.2 Å². The van der Waals surface area contributed by atoms with Crippen LogP contribution in [0.15, 0.2) is 41.2 Å². The number of phenolic OH excluding ortho intramolecular Hbond substituents is 1. The van der Waals surface area contributed by atoms with Gasteiger partial charge in [0.2, 0.25) is 0 Å². The van der Waals surface area contributed by atoms with Gasteiger partial charge >= 0.3 is 0 Å². The van der Waals surface area contributed by atoms with Crippen molar-refractivity contribution in [1.82, 2.24) is 0 Å². The van der Waals surface area contributed by atoms with Gasteiger partial charge in [0.1, 0.15) is 5.75 Å². The van der Waals surface area contributed by atoms with E-state index in [2.05, 4.69) is 0 Å². The molecule has 0 aliphatic heterocycles. The molecule has 0 saturated carbocycles. The second-order valence-electron chi connectivity index (χ2n) is 4.03. The first-order valence-electron chi connectivity index (χ1n) is 5.32. The third-order valence-electron chi connectivity index (χ3n) is 2.92. The molecule has 17 heavy (non-hydrogen) atoms. The van der Waals surface area contributed by atoms with Crippen LogP contribution in [-0.4, -0.2) is 5.11 Å². The Bertz CT molecular complexity index is 787. The van der Waals surface area contributed by atoms with Gasteiger partial charge in [-0.25, -0.2) is 0 Å². The Hall–Kier alpha value is -1.87. The van der Waals surface area contributed by atoms with E-state index >= 15 is 0 Å². The average Bonchev–Trinajstić information content (AvgIpc) is 2.34. The van der Waals surface area contributed by atoms with Crippen LogP contribution in [0.25, 0.3) is 20.2 Å². The zero-order valence-corrected chi connectivity index (χ0v) is 10.0. The van der Waals surface area contributed by atoms with E-state index in [4.69, 9.17) is 0 Å². The van der Waals surface area contributed by atoms with E-state index in [1.165, 1.54) is 11.3 Å². The van der Waals surface area contributed by atoms with Gasteiger partial charge in [-0.1, -0.05) is 18.2 Å². The normalized spacial score (nSPS) is 11.1. The molecule has 0 unspecified atom stereocenters. The second kappa shape index (κ2) is 3.57. The lowest BCUT2D eigenvalue weighted by molar-refractivity contribution is 0.482. The highest BCUT2D eigenvalue weighted by Crippen LogP contribution is 2.32. The zero-order valence-electron chi connectivity index (χ0n) is 9.23. The van der Waals surface area contributed by atoms with Gasteiger partial charge in [-0.3, -0.25) is 4.79 Å². The fraction of sp³-hybridized carbons (Fsp3) is 0.0714. The standard InChI is InChI=1S/C14H10O2S/c1-8-6-7-10(15)14-12(8)13(16)9-4-2-3-5-11(9)17-14/h2-7,15H,1H3. The lowest BCUT2D eigenvalue weighted by Crippen LogP contribution is -2.02. The van der Waals surface area contributed by atoms with E-state index in [9.17, 15) is 9.90 Å². The molecule has 0 radical (unpaired) electrons. The molecule has 3 rings (SSSR count). The molecule has 2 nitrogen and oxygen atoms in total. The van der Waals surface area contributed by atoms with Gasteiger partial charge in [-0.2, -0.15) is 0 Å². The molecule has 0 amide bonds. The van der Waals surface area contributed by atoms with Gasteiger partial charge < -0.3 is 5.11 Å². The minimum atomic E-state index is 0.00255. The van der Waals surface area contributed by atoms with Crippen molar-refractivity contribution in [2.75, 3.05) is 0 Å². The smallest absolute Gasteiger partial charge is 0.196 e. The van der Waals surface area contributed by atoms with Crippen molar-refractivity contribution in [3.63, 3.8) is 0 Å². The highest BCUT2D eigenvalue weighted by molar-refractivity contribution is 7.24. The number of aromatic hydroxyl groups is 1. The third kappa shape index (κ3) is 1.43. The monoisotopic (exact) mass is 242 g/mol. The van der Waals surface area contributed by atoms with Gasteiger partial charge in [0.15, 0.2) is 5.43 Å². The fourth-order valence-corrected chi connectivity index (χ4v) is 3.21. The SMILES string of the molecule is Cc1ccc(O)c2sc3ccccc3c(=O)c12. The summed E-state index contributed by atoms with van der Waals surface area (Å²) in [6.07, 6.45) is 0. The van der Waals surface area contributed by atoms with Crippen molar-refractivity contribution in [3.8, 4) is 5.75 Å². The predicted octanol–water partition coefficient (Wildman–Crippen LogP) is 3.43. The third-order valence-corrected chi connectivity index (χ3v) is 4.11. The van der Waals surface area contributed by atoms with Crippen molar-refractivity contribution in [1.29, 1.82) is 0 Å². The molecular weight excluding hydrogens is 232 g/mol. The number of phenols is 1. The van der Waals surface area contributed by atoms with Crippen molar-refractivity contribution in [2.45, 2.75) is 6.92 Å². The average molecular weight is 242 g/mol. The summed E-state index contributed by atoms with van der Waals surface area (Å²) in [5, 5.41) is 11.2. The lowest BCUT2D eigenvalue weighted by atomic mass is 10.1. The maximum Gasteiger partial charge on any atom is 0.196 e. The maximum absolute atomic E-state index is 12.4. The Balaban J connectivity index is 2.69. The largest absolute Gasteiger partial charge is 0.506 e. The Morgan fingerprint density at radius 2 is 1.88 bits per heavy atom. The molecule has 0 saturated heterocycles. The van der Waals surface area contributed by atoms with Gasteiger partial charge in [-0.15, -0.1) is 11.3 Å². The van der Waals surface area contributed by atoms with E-state index in [1.54, 1.807) is 12.1 Å². The van der Waals surface area contributed by atoms with Crippen molar-refractivity contribution < 1.29 is 5.11 Å². The van der Waals surface area contributed by atoms with Crippen LogP contribution in [0.1, 0.15) is 5.56 Å². The minimum absolute atomic E-state index is 0.00255. The van der Waals surface area contributed by atoms with Crippen molar-refractivity contribution >= 4 is 31.5 Å². The van der Waals surface area contributed by atoms with Crippen molar-refractivity contribution in [2.24, 2.45) is 0 Å². The fourth-order valence-electron chi connectivity index (χ4n) is 2.04. The molecule has 84 valence electrons. The molecule has 0 aliphatic carbocycles. The van der Waals surface area contributed by atoms with Crippen molar-refractivity contribution in [3.05, 3.63) is 52.2 Å². The van der Waals surface area contributed by atoms with Crippen LogP contribution in [-0.2, 0) is 0 Å². The molecule has 0 bridgehead atoms. The molecular formula is C14H10O2S. The zero-order chi connectivity index (χ0) is 12.0. The molecule has 0 atom stereocenters. The number of hydrogen-bond donors (Lipinski definition) is 1. The van der Waals surface area contributed by atoms with Gasteiger partial charge in [0, 0.05) is 15.5 Å². The molecule has 0 fully saturated rings. The quantitative estimate of drug-likeness (QED) is 0.613. The van der Waals surface area contributed by atoms with Gasteiger partial charge in [-0.05, 0) is 30.7 Å². The molecule has 1 heterocycles. The highest BCUT2D eigenvalue weighted by atomic mass is 32.1. The summed E-state index contributed by atoms with van der Waals surface area (Å²) >= 11 is 1.46. The van der Waals surface area contributed by atoms with E-state index in [0.29, 0.717) is 10.1 Å². The Morgan fingerprint density at radius 3 is 2.71 bits per heavy atom. The van der Waals surface area contributed by atoms with Crippen LogP contribution in [0, 0.1) is 6.92 Å². The summed E-state index contributed by atoms with van der Waals surface area (Å²) in [5.41, 5.74) is 0.910. The van der Waals surface area contributed by atoms with Gasteiger partial charge in [0.05, 0.1) is 4.70 Å². The predicted molar refractivity (Wildman–Crippen MR) is 72.0 cm³/mol. The number of rotatable bonds is 0. The summed E-state index contributed by atoms with van der Waals surface area (Å²) in [6, 6.07) is 10.9. The summed E-state index contributed by atoms with van der Waals surface area (Å²) in [5.74, 6) is 0.179. The Labute approximate surface area is 102 Å². The number of benzene rings is 2. The summed E-state index contributed by atoms with van der Waals surface area (Å²) < 4.78 is 1.58. The minimum Gasteiger partial charge on any atom is -0.506 e. The molecule has 0 aliphatic rings. The summed E-state index contributed by atoms with van der Waals surface area (Å²) in [4.78, 5) is 12.4. The maximum atomic E-state index is 12.4. The van der Waals surface area contributed by atoms with Crippen LogP contribution in [0.5, 0.6) is 5.75 Å². The van der Waals surface area contributed by atoms with E-state index in [1.807, 2.05) is 31.2 Å². The number of aryl methyl sites for hydroxylation is 1. The number of fused-ring (bicyclic) bond motifs is 2. The second-order valence-corrected chi connectivity index (χ2v) is 5.09. The van der Waals surface area contributed by atoms with Crippen LogP contribution in [0.2, 0.25) is 0 Å². The first-order chi connectivity index (χ1) is 8.18. The Kier molecular flexibility index (Phi) is 2.16. The van der Waals surface area contributed by atoms with Crippen LogP contribution in [0.3, 0.4) is 0 Å². The van der Waals surface area contributed by atoms with Gasteiger partial charge in [0.25, 0.3) is 0 Å². The summed E-state index contributed by atoms with van der Waals surface area (Å²) in [6.45, 7) is 1.89. The van der Waals surface area contributed by atoms with Crippen LogP contribution >= 0.6 is 11.3 Å². The lowest BCUT2D eigenvalue weighted by Gasteiger charge is -2.05. The van der Waals surface area contributed by atoms with Crippen LogP contribution < -0.4 is 5.43 Å². The van der Waals surface area contributed by atoms with E-state index < -0.39 is 0 Å². The topological polar surface area (TPSA) is 37.3 Å². The molecule has 2 aromatic carbocycles. The first kappa shape index (κ1) is 10.3. The molecule has 3 heteroatoms. The molecule has 3 aromatic rings. The summed E-state index contributed by atoms with van der Waals surface area (Å²) in [7, 11) is 0. The Morgan fingerprint density at radius 1 is 1.12 bits per heavy atom. The van der Waals surface area contributed by atoms with E-state index in [0.717, 1.165) is 15.6 Å². The highest BCUT2D eigenvalue weighted by Gasteiger charge is 2.10. The molecule has 0 spiro atoms. The molecule has 1 aromatic heterocycles. The molecule has 1 N–H and O–H groups in total.